The average molecular weight is 316 g/mol. The molecule has 0 heterocycles. The summed E-state index contributed by atoms with van der Waals surface area (Å²) in [6, 6.07) is 12.2. The molecule has 0 aliphatic heterocycles. The van der Waals surface area contributed by atoms with Gasteiger partial charge >= 0.3 is 0 Å². The predicted molar refractivity (Wildman–Crippen MR) is 77.1 cm³/mol. The summed E-state index contributed by atoms with van der Waals surface area (Å²) < 4.78 is 1.67. The third kappa shape index (κ3) is 1.71. The quantitative estimate of drug-likeness (QED) is 0.647. The Morgan fingerprint density at radius 2 is 1.42 bits per heavy atom. The van der Waals surface area contributed by atoms with E-state index >= 15 is 0 Å². The summed E-state index contributed by atoms with van der Waals surface area (Å²) in [6.45, 7) is 0. The van der Waals surface area contributed by atoms with E-state index in [2.05, 4.69) is 16.1 Å². The van der Waals surface area contributed by atoms with E-state index in [1.54, 1.807) is 47.4 Å². The van der Waals surface area contributed by atoms with E-state index in [9.17, 15) is 9.59 Å². The predicted octanol–water partition coefficient (Wildman–Crippen LogP) is 3.21. The molecule has 0 aromatic heterocycles. The van der Waals surface area contributed by atoms with Crippen molar-refractivity contribution in [3.05, 3.63) is 64.7 Å². The van der Waals surface area contributed by atoms with Gasteiger partial charge in [-0.2, -0.15) is 0 Å². The fourth-order valence-corrected chi connectivity index (χ4v) is 2.68. The van der Waals surface area contributed by atoms with Crippen molar-refractivity contribution in [2.45, 2.75) is 0 Å². The van der Waals surface area contributed by atoms with E-state index in [4.69, 9.17) is 0 Å². The molecule has 94 valence electrons. The first-order valence-corrected chi connectivity index (χ1v) is 6.53. The second-order valence-corrected chi connectivity index (χ2v) is 5.44. The van der Waals surface area contributed by atoms with Crippen molar-refractivity contribution in [3.63, 3.8) is 0 Å². The summed E-state index contributed by atoms with van der Waals surface area (Å²) in [6.07, 6.45) is 0. The van der Waals surface area contributed by atoms with Gasteiger partial charge in [0.05, 0.1) is 11.3 Å². The second-order valence-electron chi connectivity index (χ2n) is 4.38. The zero-order valence-corrected chi connectivity index (χ0v) is 11.8. The molecule has 0 spiro atoms. The molecule has 0 saturated carbocycles. The standard InChI is InChI=1S/C15H10BrNO2/c1-17(16)12-8-4-7-11-13(12)15(19)10-6-3-2-5-9(10)14(11)18/h2-8H,1H3. The molecule has 3 nitrogen and oxygen atoms in total. The molecule has 3 rings (SSSR count). The Labute approximate surface area is 119 Å². The number of nitrogens with zero attached hydrogens (tertiary/aromatic N) is 1. The molecule has 2 aromatic carbocycles. The number of carbonyl (C=O) groups is 2. The van der Waals surface area contributed by atoms with Gasteiger partial charge in [0.1, 0.15) is 0 Å². The number of ketones is 2. The van der Waals surface area contributed by atoms with E-state index < -0.39 is 0 Å². The molecule has 0 N–H and O–H groups in total. The SMILES string of the molecule is CN(Br)c1cccc2c1C(=O)c1ccccc1C2=O. The molecule has 1 aliphatic carbocycles. The fourth-order valence-electron chi connectivity index (χ4n) is 2.38. The maximum Gasteiger partial charge on any atom is 0.196 e. The van der Waals surface area contributed by atoms with E-state index in [-0.39, 0.29) is 11.6 Å². The van der Waals surface area contributed by atoms with Crippen molar-refractivity contribution < 1.29 is 9.59 Å². The highest BCUT2D eigenvalue weighted by Gasteiger charge is 2.31. The van der Waals surface area contributed by atoms with Crippen molar-refractivity contribution in [2.75, 3.05) is 11.0 Å². The molecule has 0 unspecified atom stereocenters. The van der Waals surface area contributed by atoms with Gasteiger partial charge in [-0.05, 0) is 6.07 Å². The molecule has 2 aromatic rings. The van der Waals surface area contributed by atoms with Gasteiger partial charge in [-0.25, -0.2) is 0 Å². The van der Waals surface area contributed by atoms with Crippen LogP contribution in [0.3, 0.4) is 0 Å². The summed E-state index contributed by atoms with van der Waals surface area (Å²) in [5.74, 6) is -0.200. The topological polar surface area (TPSA) is 37.4 Å². The van der Waals surface area contributed by atoms with Gasteiger partial charge in [-0.3, -0.25) is 9.59 Å². The minimum absolute atomic E-state index is 0.0959. The largest absolute Gasteiger partial charge is 0.311 e. The fraction of sp³-hybridized carbons (Fsp3) is 0.0667. The van der Waals surface area contributed by atoms with Gasteiger partial charge in [-0.15, -0.1) is 0 Å². The Morgan fingerprint density at radius 1 is 0.842 bits per heavy atom. The third-order valence-corrected chi connectivity index (χ3v) is 3.64. The van der Waals surface area contributed by atoms with E-state index in [0.29, 0.717) is 27.9 Å². The van der Waals surface area contributed by atoms with Gasteiger partial charge in [0, 0.05) is 39.9 Å². The lowest BCUT2D eigenvalue weighted by Crippen LogP contribution is -2.23. The van der Waals surface area contributed by atoms with E-state index in [0.717, 1.165) is 0 Å². The number of fused-ring (bicyclic) bond motifs is 2. The summed E-state index contributed by atoms with van der Waals surface area (Å²) in [5.41, 5.74) is 2.58. The monoisotopic (exact) mass is 315 g/mol. The highest BCUT2D eigenvalue weighted by molar-refractivity contribution is 9.10. The van der Waals surface area contributed by atoms with Crippen molar-refractivity contribution in [2.24, 2.45) is 0 Å². The average Bonchev–Trinajstić information content (AvgIpc) is 2.44. The van der Waals surface area contributed by atoms with Crippen LogP contribution in [-0.4, -0.2) is 18.6 Å². The van der Waals surface area contributed by atoms with Crippen LogP contribution in [0.5, 0.6) is 0 Å². The van der Waals surface area contributed by atoms with Crippen LogP contribution in [-0.2, 0) is 0 Å². The summed E-state index contributed by atoms with van der Waals surface area (Å²) in [7, 11) is 1.79. The third-order valence-electron chi connectivity index (χ3n) is 3.26. The smallest absolute Gasteiger partial charge is 0.196 e. The lowest BCUT2D eigenvalue weighted by molar-refractivity contribution is 0.0979. The number of halogens is 1. The Hall–Kier alpha value is -1.94. The maximum atomic E-state index is 12.6. The normalized spacial score (nSPS) is 12.9. The molecule has 0 bridgehead atoms. The molecule has 4 heteroatoms. The van der Waals surface area contributed by atoms with Crippen LogP contribution in [0.25, 0.3) is 0 Å². The molecule has 0 amide bonds. The summed E-state index contributed by atoms with van der Waals surface area (Å²) in [5, 5.41) is 0. The number of benzene rings is 2. The van der Waals surface area contributed by atoms with Crippen LogP contribution in [0.1, 0.15) is 31.8 Å². The van der Waals surface area contributed by atoms with Crippen LogP contribution in [0.15, 0.2) is 42.5 Å². The second kappa shape index (κ2) is 4.31. The molecule has 0 fully saturated rings. The van der Waals surface area contributed by atoms with Crippen molar-refractivity contribution in [1.82, 2.24) is 0 Å². The van der Waals surface area contributed by atoms with Crippen LogP contribution >= 0.6 is 16.1 Å². The van der Waals surface area contributed by atoms with Gasteiger partial charge < -0.3 is 3.93 Å². The molecule has 0 atom stereocenters. The molecule has 19 heavy (non-hydrogen) atoms. The zero-order chi connectivity index (χ0) is 13.6. The lowest BCUT2D eigenvalue weighted by atomic mass is 9.83. The Balaban J connectivity index is 2.33. The Kier molecular flexibility index (Phi) is 2.75. The number of hydrogen-bond donors (Lipinski definition) is 0. The highest BCUT2D eigenvalue weighted by Crippen LogP contribution is 2.33. The van der Waals surface area contributed by atoms with Crippen LogP contribution in [0.4, 0.5) is 5.69 Å². The van der Waals surface area contributed by atoms with Gasteiger partial charge in [0.2, 0.25) is 0 Å². The molecular weight excluding hydrogens is 306 g/mol. The molecule has 0 saturated heterocycles. The summed E-state index contributed by atoms with van der Waals surface area (Å²) in [4.78, 5) is 25.0. The Morgan fingerprint density at radius 3 is 2.05 bits per heavy atom. The van der Waals surface area contributed by atoms with Crippen LogP contribution < -0.4 is 3.93 Å². The van der Waals surface area contributed by atoms with E-state index in [1.165, 1.54) is 0 Å². The zero-order valence-electron chi connectivity index (χ0n) is 10.2. The van der Waals surface area contributed by atoms with E-state index in [1.807, 2.05) is 6.07 Å². The minimum Gasteiger partial charge on any atom is -0.311 e. The number of anilines is 1. The molecule has 1 aliphatic rings. The minimum atomic E-state index is -0.105. The van der Waals surface area contributed by atoms with Crippen LogP contribution in [0, 0.1) is 0 Å². The van der Waals surface area contributed by atoms with Crippen molar-refractivity contribution in [1.29, 1.82) is 0 Å². The van der Waals surface area contributed by atoms with Gasteiger partial charge in [0.25, 0.3) is 0 Å². The first kappa shape index (κ1) is 12.1. The van der Waals surface area contributed by atoms with Crippen LogP contribution in [0.2, 0.25) is 0 Å². The number of hydrogen-bond acceptors (Lipinski definition) is 3. The molecular formula is C15H10BrNO2. The van der Waals surface area contributed by atoms with Gasteiger partial charge in [-0.1, -0.05) is 36.4 Å². The Bertz CT molecular complexity index is 707. The maximum absolute atomic E-state index is 12.6. The number of carbonyl (C=O) groups excluding carboxylic acids is 2. The molecule has 0 radical (unpaired) electrons. The van der Waals surface area contributed by atoms with Crippen molar-refractivity contribution >= 4 is 33.4 Å². The summed E-state index contributed by atoms with van der Waals surface area (Å²) >= 11 is 3.32. The lowest BCUT2D eigenvalue weighted by Gasteiger charge is -2.22. The highest BCUT2D eigenvalue weighted by atomic mass is 79.9. The first-order valence-electron chi connectivity index (χ1n) is 5.82. The number of rotatable bonds is 1. The van der Waals surface area contributed by atoms with Crippen molar-refractivity contribution in [3.8, 4) is 0 Å². The first-order chi connectivity index (χ1) is 9.11. The van der Waals surface area contributed by atoms with Gasteiger partial charge in [0.15, 0.2) is 11.6 Å².